The van der Waals surface area contributed by atoms with Gasteiger partial charge in [-0.1, -0.05) is 6.07 Å². The third kappa shape index (κ3) is 6.22. The lowest BCUT2D eigenvalue weighted by Gasteiger charge is -2.25. The van der Waals surface area contributed by atoms with Crippen LogP contribution in [0.4, 0.5) is 0 Å². The zero-order chi connectivity index (χ0) is 18.8. The third-order valence-corrected chi connectivity index (χ3v) is 4.91. The normalized spacial score (nSPS) is 11.4. The first-order valence-electron chi connectivity index (χ1n) is 8.96. The maximum Gasteiger partial charge on any atom is 0.242 e. The van der Waals surface area contributed by atoms with Gasteiger partial charge in [0.05, 0.1) is 19.4 Å². The predicted molar refractivity (Wildman–Crippen MR) is 106 cm³/mol. The second-order valence-corrected chi connectivity index (χ2v) is 6.93. The molecule has 0 aliphatic carbocycles. The van der Waals surface area contributed by atoms with Crippen molar-refractivity contribution < 1.29 is 9.21 Å². The summed E-state index contributed by atoms with van der Waals surface area (Å²) < 4.78 is 5.37. The molecule has 0 atom stereocenters. The molecular weight excluding hydrogens is 348 g/mol. The van der Waals surface area contributed by atoms with Gasteiger partial charge in [0.15, 0.2) is 5.96 Å². The molecule has 0 saturated carbocycles. The zero-order valence-electron chi connectivity index (χ0n) is 15.8. The summed E-state index contributed by atoms with van der Waals surface area (Å²) >= 11 is 1.68. The summed E-state index contributed by atoms with van der Waals surface area (Å²) in [6.07, 6.45) is 2.44. The lowest BCUT2D eigenvalue weighted by atomic mass is 10.3. The van der Waals surface area contributed by atoms with Crippen LogP contribution < -0.4 is 5.32 Å². The van der Waals surface area contributed by atoms with E-state index in [0.717, 1.165) is 31.2 Å². The summed E-state index contributed by atoms with van der Waals surface area (Å²) in [6, 6.07) is 7.93. The number of carbonyl (C=O) groups is 1. The second kappa shape index (κ2) is 10.7. The van der Waals surface area contributed by atoms with Gasteiger partial charge < -0.3 is 19.5 Å². The van der Waals surface area contributed by atoms with Crippen molar-refractivity contribution in [1.82, 2.24) is 15.1 Å². The van der Waals surface area contributed by atoms with Crippen molar-refractivity contribution in [2.75, 3.05) is 33.2 Å². The Balaban J connectivity index is 1.98. The van der Waals surface area contributed by atoms with E-state index in [4.69, 9.17) is 4.42 Å². The molecule has 142 valence electrons. The molecule has 1 amide bonds. The molecule has 7 heteroatoms. The fourth-order valence-electron chi connectivity index (χ4n) is 2.57. The van der Waals surface area contributed by atoms with Crippen molar-refractivity contribution in [3.05, 3.63) is 46.5 Å². The van der Waals surface area contributed by atoms with Crippen LogP contribution in [-0.4, -0.2) is 54.9 Å². The summed E-state index contributed by atoms with van der Waals surface area (Å²) in [5, 5.41) is 5.39. The average Bonchev–Trinajstić information content (AvgIpc) is 3.32. The number of furan rings is 1. The predicted octanol–water partition coefficient (Wildman–Crippen LogP) is 2.83. The minimum absolute atomic E-state index is 0.106. The van der Waals surface area contributed by atoms with Gasteiger partial charge in [-0.05, 0) is 37.4 Å². The van der Waals surface area contributed by atoms with E-state index in [-0.39, 0.29) is 5.91 Å². The second-order valence-electron chi connectivity index (χ2n) is 5.90. The van der Waals surface area contributed by atoms with Crippen molar-refractivity contribution in [3.63, 3.8) is 0 Å². The lowest BCUT2D eigenvalue weighted by molar-refractivity contribution is -0.131. The standard InChI is InChI=1S/C19H28N4O2S/c1-4-23(5-2)18(24)15-22(3)19(21-14-17-9-7-13-26-17)20-11-10-16-8-6-12-25-16/h6-9,12-13H,4-5,10-11,14-15H2,1-3H3,(H,20,21). The molecule has 2 aromatic rings. The largest absolute Gasteiger partial charge is 0.469 e. The molecule has 0 bridgehead atoms. The maximum atomic E-state index is 12.4. The lowest BCUT2D eigenvalue weighted by Crippen LogP contribution is -2.46. The van der Waals surface area contributed by atoms with E-state index in [1.165, 1.54) is 4.88 Å². The number of hydrogen-bond donors (Lipinski definition) is 1. The molecule has 2 aromatic heterocycles. The molecule has 2 heterocycles. The number of carbonyl (C=O) groups excluding carboxylic acids is 1. The first-order valence-corrected chi connectivity index (χ1v) is 9.84. The summed E-state index contributed by atoms with van der Waals surface area (Å²) in [7, 11) is 1.90. The summed E-state index contributed by atoms with van der Waals surface area (Å²) in [6.45, 7) is 7.03. The summed E-state index contributed by atoms with van der Waals surface area (Å²) in [5.74, 6) is 1.76. The molecule has 0 spiro atoms. The van der Waals surface area contributed by atoms with Crippen LogP contribution in [-0.2, 0) is 17.8 Å². The van der Waals surface area contributed by atoms with Gasteiger partial charge in [0, 0.05) is 38.0 Å². The first-order chi connectivity index (χ1) is 12.6. The Morgan fingerprint density at radius 2 is 2.08 bits per heavy atom. The number of hydrogen-bond acceptors (Lipinski definition) is 4. The fraction of sp³-hybridized carbons (Fsp3) is 0.474. The van der Waals surface area contributed by atoms with E-state index in [2.05, 4.69) is 16.4 Å². The third-order valence-electron chi connectivity index (χ3n) is 4.05. The van der Waals surface area contributed by atoms with Gasteiger partial charge in [0.25, 0.3) is 0 Å². The minimum atomic E-state index is 0.106. The average molecular weight is 377 g/mol. The SMILES string of the molecule is CCN(CC)C(=O)CN(C)C(=NCc1cccs1)NCCc1ccco1. The number of guanidine groups is 1. The fourth-order valence-corrected chi connectivity index (χ4v) is 3.20. The Morgan fingerprint density at radius 1 is 1.27 bits per heavy atom. The van der Waals surface area contributed by atoms with Crippen LogP contribution in [0.2, 0.25) is 0 Å². The van der Waals surface area contributed by atoms with Crippen molar-refractivity contribution in [1.29, 1.82) is 0 Å². The van der Waals surface area contributed by atoms with Crippen LogP contribution in [0.25, 0.3) is 0 Å². The summed E-state index contributed by atoms with van der Waals surface area (Å²) in [5.41, 5.74) is 0. The molecule has 0 fully saturated rings. The van der Waals surface area contributed by atoms with Crippen LogP contribution in [0.3, 0.4) is 0 Å². The maximum absolute atomic E-state index is 12.4. The van der Waals surface area contributed by atoms with Gasteiger partial charge in [-0.15, -0.1) is 11.3 Å². The summed E-state index contributed by atoms with van der Waals surface area (Å²) in [4.78, 5) is 22.0. The van der Waals surface area contributed by atoms with Gasteiger partial charge >= 0.3 is 0 Å². The van der Waals surface area contributed by atoms with Gasteiger partial charge in [-0.3, -0.25) is 4.79 Å². The van der Waals surface area contributed by atoms with E-state index in [9.17, 15) is 4.79 Å². The monoisotopic (exact) mass is 376 g/mol. The highest BCUT2D eigenvalue weighted by molar-refractivity contribution is 7.09. The Hall–Kier alpha value is -2.28. The van der Waals surface area contributed by atoms with E-state index in [1.54, 1.807) is 17.6 Å². The van der Waals surface area contributed by atoms with Gasteiger partial charge in [0.2, 0.25) is 5.91 Å². The molecule has 2 rings (SSSR count). The van der Waals surface area contributed by atoms with Crippen LogP contribution in [0.5, 0.6) is 0 Å². The van der Waals surface area contributed by atoms with Gasteiger partial charge in [-0.2, -0.15) is 0 Å². The number of aliphatic imine (C=N–C) groups is 1. The molecule has 0 aliphatic heterocycles. The number of thiophene rings is 1. The van der Waals surface area contributed by atoms with E-state index >= 15 is 0 Å². The van der Waals surface area contributed by atoms with Crippen LogP contribution in [0.1, 0.15) is 24.5 Å². The Morgan fingerprint density at radius 3 is 2.69 bits per heavy atom. The molecule has 0 radical (unpaired) electrons. The van der Waals surface area contributed by atoms with Crippen molar-refractivity contribution in [3.8, 4) is 0 Å². The van der Waals surface area contributed by atoms with Crippen LogP contribution in [0, 0.1) is 0 Å². The number of amides is 1. The van der Waals surface area contributed by atoms with Crippen LogP contribution >= 0.6 is 11.3 Å². The van der Waals surface area contributed by atoms with E-state index in [0.29, 0.717) is 19.6 Å². The smallest absolute Gasteiger partial charge is 0.242 e. The number of nitrogens with one attached hydrogen (secondary N) is 1. The zero-order valence-corrected chi connectivity index (χ0v) is 16.6. The van der Waals surface area contributed by atoms with Crippen molar-refractivity contribution >= 4 is 23.2 Å². The first kappa shape index (κ1) is 20.0. The molecule has 0 unspecified atom stereocenters. The van der Waals surface area contributed by atoms with E-state index < -0.39 is 0 Å². The highest BCUT2D eigenvalue weighted by Crippen LogP contribution is 2.10. The van der Waals surface area contributed by atoms with Crippen molar-refractivity contribution in [2.24, 2.45) is 4.99 Å². The Kier molecular flexibility index (Phi) is 8.21. The Labute approximate surface area is 159 Å². The minimum Gasteiger partial charge on any atom is -0.469 e. The van der Waals surface area contributed by atoms with Crippen LogP contribution in [0.15, 0.2) is 45.3 Å². The van der Waals surface area contributed by atoms with E-state index in [1.807, 2.05) is 54.3 Å². The quantitative estimate of drug-likeness (QED) is 0.540. The molecule has 1 N–H and O–H groups in total. The molecule has 6 nitrogen and oxygen atoms in total. The highest BCUT2D eigenvalue weighted by atomic mass is 32.1. The Bertz CT molecular complexity index is 664. The molecule has 0 aromatic carbocycles. The number of likely N-dealkylation sites (N-methyl/N-ethyl adjacent to an activating group) is 2. The molecule has 0 saturated heterocycles. The van der Waals surface area contributed by atoms with Crippen molar-refractivity contribution in [2.45, 2.75) is 26.8 Å². The number of nitrogens with zero attached hydrogens (tertiary/aromatic N) is 3. The topological polar surface area (TPSA) is 61.1 Å². The molecule has 0 aliphatic rings. The van der Waals surface area contributed by atoms with Gasteiger partial charge in [0.1, 0.15) is 5.76 Å². The van der Waals surface area contributed by atoms with Gasteiger partial charge in [-0.25, -0.2) is 4.99 Å². The molecule has 26 heavy (non-hydrogen) atoms. The molecular formula is C19H28N4O2S. The number of rotatable bonds is 9. The highest BCUT2D eigenvalue weighted by Gasteiger charge is 2.15.